The summed E-state index contributed by atoms with van der Waals surface area (Å²) in [6.45, 7) is 8.46. The first-order valence-corrected chi connectivity index (χ1v) is 12.5. The number of aliphatic hydroxyl groups excluding tert-OH is 1. The summed E-state index contributed by atoms with van der Waals surface area (Å²) in [6.07, 6.45) is 11.0. The number of fused-ring (bicyclic) bond motifs is 5. The molecule has 0 unspecified atom stereocenters. The molecule has 4 aliphatic carbocycles. The monoisotopic (exact) mass is 415 g/mol. The number of nitrogens with zero attached hydrogens (tertiary/aromatic N) is 1. The predicted molar refractivity (Wildman–Crippen MR) is 117 cm³/mol. The summed E-state index contributed by atoms with van der Waals surface area (Å²) in [7, 11) is 0. The molecule has 2 N–H and O–H groups in total. The first-order valence-electron chi connectivity index (χ1n) is 12.5. The quantitative estimate of drug-likeness (QED) is 0.711. The predicted octanol–water partition coefficient (Wildman–Crippen LogP) is 5.21. The van der Waals surface area contributed by atoms with E-state index in [4.69, 9.17) is 4.42 Å². The zero-order chi connectivity index (χ0) is 21.3. The van der Waals surface area contributed by atoms with E-state index in [1.54, 1.807) is 0 Å². The molecule has 0 radical (unpaired) electrons. The van der Waals surface area contributed by atoms with Crippen molar-refractivity contribution < 1.29 is 14.6 Å². The van der Waals surface area contributed by atoms with Crippen LogP contribution in [0, 0.1) is 54.8 Å². The molecular weight excluding hydrogens is 374 g/mol. The molecule has 4 nitrogen and oxygen atoms in total. The van der Waals surface area contributed by atoms with Gasteiger partial charge in [-0.3, -0.25) is 0 Å². The second kappa shape index (κ2) is 7.33. The van der Waals surface area contributed by atoms with E-state index in [9.17, 15) is 10.2 Å². The number of hydrogen-bond donors (Lipinski definition) is 2. The molecule has 1 aromatic rings. The summed E-state index contributed by atoms with van der Waals surface area (Å²) in [5, 5.41) is 21.8. The van der Waals surface area contributed by atoms with Crippen LogP contribution in [0.3, 0.4) is 0 Å². The van der Waals surface area contributed by atoms with Crippen molar-refractivity contribution in [1.82, 2.24) is 4.98 Å². The van der Waals surface area contributed by atoms with Gasteiger partial charge in [0.2, 0.25) is 0 Å². The van der Waals surface area contributed by atoms with Crippen molar-refractivity contribution in [3.8, 4) is 0 Å². The second-order valence-electron chi connectivity index (χ2n) is 11.9. The van der Waals surface area contributed by atoms with Crippen LogP contribution >= 0.6 is 0 Å². The fourth-order valence-corrected chi connectivity index (χ4v) is 8.70. The van der Waals surface area contributed by atoms with Gasteiger partial charge in [0.25, 0.3) is 0 Å². The van der Waals surface area contributed by atoms with Gasteiger partial charge in [0, 0.05) is 0 Å². The van der Waals surface area contributed by atoms with Crippen LogP contribution < -0.4 is 0 Å². The lowest BCUT2D eigenvalue weighted by Crippen LogP contribution is -2.51. The molecule has 9 atom stereocenters. The lowest BCUT2D eigenvalue weighted by Gasteiger charge is -2.57. The van der Waals surface area contributed by atoms with Crippen molar-refractivity contribution in [2.45, 2.75) is 104 Å². The molecule has 1 heterocycles. The van der Waals surface area contributed by atoms with Gasteiger partial charge < -0.3 is 14.6 Å². The Kier molecular flexibility index (Phi) is 5.13. The van der Waals surface area contributed by atoms with Gasteiger partial charge in [-0.25, -0.2) is 4.98 Å². The Morgan fingerprint density at radius 1 is 1.00 bits per heavy atom. The largest absolute Gasteiger partial charge is 0.446 e. The average Bonchev–Trinajstić information content (AvgIpc) is 3.19. The van der Waals surface area contributed by atoms with Gasteiger partial charge >= 0.3 is 0 Å². The van der Waals surface area contributed by atoms with Crippen LogP contribution in [0.15, 0.2) is 4.42 Å². The van der Waals surface area contributed by atoms with E-state index in [0.29, 0.717) is 18.2 Å². The topological polar surface area (TPSA) is 66.5 Å². The molecule has 30 heavy (non-hydrogen) atoms. The fourth-order valence-electron chi connectivity index (χ4n) is 8.70. The molecule has 0 bridgehead atoms. The Morgan fingerprint density at radius 3 is 2.50 bits per heavy atom. The first kappa shape index (κ1) is 21.0. The normalized spacial score (nSPS) is 46.7. The van der Waals surface area contributed by atoms with Crippen LogP contribution in [0.2, 0.25) is 0 Å². The summed E-state index contributed by atoms with van der Waals surface area (Å²) in [5.41, 5.74) is 0.761. The number of rotatable bonds is 3. The van der Waals surface area contributed by atoms with Crippen molar-refractivity contribution in [2.75, 3.05) is 0 Å². The standard InChI is InChI=1S/C26H41NO3/c1-15-16(2)30-24(27-15)13-23(28)22-8-7-21-20-6-5-17-14-25(3,29)11-9-18(17)19(20)10-12-26(21,22)4/h17-23,28-29H,5-14H2,1-4H3/t17-,18+,19-,20-,21+,22-,23-,25-,26+/m1/s1. The van der Waals surface area contributed by atoms with Crippen molar-refractivity contribution >= 4 is 0 Å². The van der Waals surface area contributed by atoms with Crippen molar-refractivity contribution in [3.63, 3.8) is 0 Å². The Hall–Kier alpha value is -0.870. The highest BCUT2D eigenvalue weighted by Gasteiger charge is 2.58. The Labute approximate surface area is 181 Å². The summed E-state index contributed by atoms with van der Waals surface area (Å²) >= 11 is 0. The van der Waals surface area contributed by atoms with Gasteiger partial charge in [0.15, 0.2) is 5.89 Å². The highest BCUT2D eigenvalue weighted by atomic mass is 16.4. The van der Waals surface area contributed by atoms with Gasteiger partial charge in [-0.05, 0) is 119 Å². The van der Waals surface area contributed by atoms with Gasteiger partial charge in [-0.2, -0.15) is 0 Å². The smallest absolute Gasteiger partial charge is 0.197 e. The number of aliphatic hydroxyl groups is 2. The Balaban J connectivity index is 1.30. The number of aryl methyl sites for hydroxylation is 2. The molecule has 0 aromatic carbocycles. The van der Waals surface area contributed by atoms with Crippen LogP contribution in [0.4, 0.5) is 0 Å². The molecule has 4 aliphatic rings. The van der Waals surface area contributed by atoms with E-state index >= 15 is 0 Å². The van der Waals surface area contributed by atoms with E-state index < -0.39 is 5.60 Å². The first-order chi connectivity index (χ1) is 14.2. The third-order valence-corrected chi connectivity index (χ3v) is 10.2. The van der Waals surface area contributed by atoms with Crippen LogP contribution in [-0.4, -0.2) is 26.9 Å². The maximum atomic E-state index is 11.2. The zero-order valence-corrected chi connectivity index (χ0v) is 19.4. The highest BCUT2D eigenvalue weighted by molar-refractivity contribution is 5.10. The van der Waals surface area contributed by atoms with E-state index in [1.165, 1.54) is 38.5 Å². The van der Waals surface area contributed by atoms with E-state index in [-0.39, 0.29) is 11.5 Å². The third-order valence-electron chi connectivity index (χ3n) is 10.2. The van der Waals surface area contributed by atoms with Crippen LogP contribution in [-0.2, 0) is 6.42 Å². The van der Waals surface area contributed by atoms with Gasteiger partial charge in [-0.15, -0.1) is 0 Å². The summed E-state index contributed by atoms with van der Waals surface area (Å²) in [6, 6.07) is 0. The van der Waals surface area contributed by atoms with Gasteiger partial charge in [0.1, 0.15) is 5.76 Å². The molecule has 4 heteroatoms. The SMILES string of the molecule is Cc1nc(C[C@@H](O)[C@H]2CC[C@H]3[C@@H]4CC[C@@H]5C[C@](C)(O)CC[C@@H]5[C@H]4CC[C@]23C)oc1C. The molecular formula is C26H41NO3. The van der Waals surface area contributed by atoms with E-state index in [1.807, 2.05) is 20.8 Å². The van der Waals surface area contributed by atoms with E-state index in [2.05, 4.69) is 11.9 Å². The minimum Gasteiger partial charge on any atom is -0.446 e. The molecule has 1 aromatic heterocycles. The molecule has 4 fully saturated rings. The minimum absolute atomic E-state index is 0.254. The van der Waals surface area contributed by atoms with Crippen molar-refractivity contribution in [2.24, 2.45) is 40.9 Å². The van der Waals surface area contributed by atoms with Crippen molar-refractivity contribution in [1.29, 1.82) is 0 Å². The maximum Gasteiger partial charge on any atom is 0.197 e. The summed E-state index contributed by atoms with van der Waals surface area (Å²) in [5.74, 6) is 5.94. The van der Waals surface area contributed by atoms with Gasteiger partial charge in [-0.1, -0.05) is 6.92 Å². The molecule has 5 rings (SSSR count). The molecule has 0 spiro atoms. The van der Waals surface area contributed by atoms with Crippen LogP contribution in [0.1, 0.15) is 89.0 Å². The summed E-state index contributed by atoms with van der Waals surface area (Å²) < 4.78 is 5.78. The number of oxazole rings is 1. The molecule has 0 aliphatic heterocycles. The fraction of sp³-hybridized carbons (Fsp3) is 0.885. The molecule has 0 saturated heterocycles. The number of hydrogen-bond acceptors (Lipinski definition) is 4. The molecule has 168 valence electrons. The summed E-state index contributed by atoms with van der Waals surface area (Å²) in [4.78, 5) is 4.52. The van der Waals surface area contributed by atoms with Crippen LogP contribution in [0.5, 0.6) is 0 Å². The lowest BCUT2D eigenvalue weighted by atomic mass is 9.49. The third kappa shape index (κ3) is 3.37. The minimum atomic E-state index is -0.434. The highest BCUT2D eigenvalue weighted by Crippen LogP contribution is 2.65. The van der Waals surface area contributed by atoms with Crippen molar-refractivity contribution in [3.05, 3.63) is 17.3 Å². The lowest BCUT2D eigenvalue weighted by molar-refractivity contribution is -0.108. The molecule has 4 saturated carbocycles. The average molecular weight is 416 g/mol. The van der Waals surface area contributed by atoms with Gasteiger partial charge in [0.05, 0.1) is 23.8 Å². The van der Waals surface area contributed by atoms with Crippen LogP contribution in [0.25, 0.3) is 0 Å². The second-order valence-corrected chi connectivity index (χ2v) is 11.9. The zero-order valence-electron chi connectivity index (χ0n) is 19.4. The molecule has 0 amide bonds. The van der Waals surface area contributed by atoms with E-state index in [0.717, 1.165) is 60.3 Å². The Bertz CT molecular complexity index is 766. The number of aromatic nitrogens is 1. The Morgan fingerprint density at radius 2 is 1.77 bits per heavy atom. The maximum absolute atomic E-state index is 11.2.